The Balaban J connectivity index is 0.00000441. The molecule has 0 saturated carbocycles. The number of benzene rings is 1. The zero-order valence-corrected chi connectivity index (χ0v) is 16.3. The van der Waals surface area contributed by atoms with Gasteiger partial charge in [0, 0.05) is 18.2 Å². The Morgan fingerprint density at radius 2 is 2.00 bits per heavy atom. The molecule has 0 saturated heterocycles. The van der Waals surface area contributed by atoms with Gasteiger partial charge in [0.05, 0.1) is 13.7 Å². The lowest BCUT2D eigenvalue weighted by Gasteiger charge is -2.20. The summed E-state index contributed by atoms with van der Waals surface area (Å²) >= 11 is 0. The summed E-state index contributed by atoms with van der Waals surface area (Å²) in [6.07, 6.45) is 0. The summed E-state index contributed by atoms with van der Waals surface area (Å²) < 4.78 is 5.17. The molecule has 1 unspecified atom stereocenters. The minimum atomic E-state index is 0. The summed E-state index contributed by atoms with van der Waals surface area (Å²) in [5, 5.41) is 16.5. The van der Waals surface area contributed by atoms with E-state index in [1.807, 2.05) is 6.92 Å². The zero-order valence-electron chi connectivity index (χ0n) is 14.0. The molecule has 0 aliphatic rings. The molecule has 0 fully saturated rings. The van der Waals surface area contributed by atoms with E-state index < -0.39 is 0 Å². The molecule has 0 aliphatic heterocycles. The van der Waals surface area contributed by atoms with E-state index in [9.17, 15) is 5.11 Å². The van der Waals surface area contributed by atoms with Gasteiger partial charge in [0.1, 0.15) is 11.5 Å². The average Bonchev–Trinajstić information content (AvgIpc) is 2.46. The second-order valence-corrected chi connectivity index (χ2v) is 5.37. The fraction of sp³-hybridized carbons (Fsp3) is 0.562. The first-order chi connectivity index (χ1) is 9.97. The van der Waals surface area contributed by atoms with Gasteiger partial charge in [-0.05, 0) is 38.0 Å². The first kappa shape index (κ1) is 20.8. The third kappa shape index (κ3) is 6.72. The predicted octanol–water partition coefficient (Wildman–Crippen LogP) is 3.12. The van der Waals surface area contributed by atoms with Crippen molar-refractivity contribution >= 4 is 29.9 Å². The highest BCUT2D eigenvalue weighted by molar-refractivity contribution is 14.0. The lowest BCUT2D eigenvalue weighted by Crippen LogP contribution is -2.44. The fourth-order valence-corrected chi connectivity index (χ4v) is 1.68. The monoisotopic (exact) mass is 421 g/mol. The van der Waals surface area contributed by atoms with Crippen LogP contribution in [0.1, 0.15) is 33.3 Å². The van der Waals surface area contributed by atoms with Crippen LogP contribution in [0.25, 0.3) is 0 Å². The summed E-state index contributed by atoms with van der Waals surface area (Å²) in [7, 11) is 1.61. The number of guanidine groups is 1. The SMILES string of the molecule is CCNC(=NCc1cc(OC)ccc1O)NC(C)C(C)C.I. The number of ether oxygens (including phenoxy) is 1. The molecule has 6 heteroatoms. The van der Waals surface area contributed by atoms with Gasteiger partial charge in [0.2, 0.25) is 0 Å². The first-order valence-electron chi connectivity index (χ1n) is 7.38. The Morgan fingerprint density at radius 1 is 1.32 bits per heavy atom. The topological polar surface area (TPSA) is 65.9 Å². The van der Waals surface area contributed by atoms with Gasteiger partial charge < -0.3 is 20.5 Å². The van der Waals surface area contributed by atoms with Crippen LogP contribution in [0, 0.1) is 5.92 Å². The van der Waals surface area contributed by atoms with Crippen molar-refractivity contribution in [1.82, 2.24) is 10.6 Å². The normalized spacial score (nSPS) is 12.5. The summed E-state index contributed by atoms with van der Waals surface area (Å²) in [5.74, 6) is 2.21. The third-order valence-electron chi connectivity index (χ3n) is 3.40. The number of aromatic hydroxyl groups is 1. The highest BCUT2D eigenvalue weighted by Crippen LogP contribution is 2.23. The van der Waals surface area contributed by atoms with Crippen molar-refractivity contribution in [1.29, 1.82) is 0 Å². The van der Waals surface area contributed by atoms with E-state index in [4.69, 9.17) is 4.74 Å². The van der Waals surface area contributed by atoms with Crippen molar-refractivity contribution in [2.45, 2.75) is 40.3 Å². The standard InChI is InChI=1S/C16H27N3O2.HI/c1-6-17-16(19-12(4)11(2)3)18-10-13-9-14(21-5)7-8-15(13)20;/h7-9,11-12,20H,6,10H2,1-5H3,(H2,17,18,19);1H. The fourth-order valence-electron chi connectivity index (χ4n) is 1.68. The second-order valence-electron chi connectivity index (χ2n) is 5.37. The molecule has 0 radical (unpaired) electrons. The number of phenols is 1. The van der Waals surface area contributed by atoms with E-state index >= 15 is 0 Å². The van der Waals surface area contributed by atoms with Crippen molar-refractivity contribution < 1.29 is 9.84 Å². The van der Waals surface area contributed by atoms with Crippen LogP contribution in [-0.4, -0.2) is 30.8 Å². The summed E-state index contributed by atoms with van der Waals surface area (Å²) in [4.78, 5) is 4.52. The molecular weight excluding hydrogens is 393 g/mol. The Kier molecular flexibility index (Phi) is 9.97. The molecule has 0 aliphatic carbocycles. The molecule has 0 amide bonds. The zero-order chi connectivity index (χ0) is 15.8. The van der Waals surface area contributed by atoms with Crippen molar-refractivity contribution in [3.8, 4) is 11.5 Å². The number of rotatable bonds is 6. The molecule has 126 valence electrons. The van der Waals surface area contributed by atoms with E-state index in [1.54, 1.807) is 25.3 Å². The van der Waals surface area contributed by atoms with Gasteiger partial charge in [-0.1, -0.05) is 13.8 Å². The van der Waals surface area contributed by atoms with Crippen molar-refractivity contribution in [2.24, 2.45) is 10.9 Å². The first-order valence-corrected chi connectivity index (χ1v) is 7.38. The Labute approximate surface area is 150 Å². The molecule has 5 nitrogen and oxygen atoms in total. The summed E-state index contributed by atoms with van der Waals surface area (Å²) in [6.45, 7) is 9.66. The van der Waals surface area contributed by atoms with E-state index in [0.29, 0.717) is 24.3 Å². The number of hydrogen-bond donors (Lipinski definition) is 3. The van der Waals surface area contributed by atoms with Gasteiger partial charge in [-0.15, -0.1) is 24.0 Å². The van der Waals surface area contributed by atoms with Crippen molar-refractivity contribution in [2.75, 3.05) is 13.7 Å². The summed E-state index contributed by atoms with van der Waals surface area (Å²) in [6, 6.07) is 5.48. The van der Waals surface area contributed by atoms with Gasteiger partial charge in [0.25, 0.3) is 0 Å². The van der Waals surface area contributed by atoms with Crippen LogP contribution in [0.3, 0.4) is 0 Å². The van der Waals surface area contributed by atoms with Gasteiger partial charge >= 0.3 is 0 Å². The quantitative estimate of drug-likeness (QED) is 0.375. The van der Waals surface area contributed by atoms with Crippen LogP contribution in [0.4, 0.5) is 0 Å². The molecule has 1 aromatic rings. The van der Waals surface area contributed by atoms with Crippen LogP contribution >= 0.6 is 24.0 Å². The van der Waals surface area contributed by atoms with Gasteiger partial charge in [-0.2, -0.15) is 0 Å². The van der Waals surface area contributed by atoms with Crippen LogP contribution < -0.4 is 15.4 Å². The van der Waals surface area contributed by atoms with Crippen LogP contribution in [0.15, 0.2) is 23.2 Å². The number of hydrogen-bond acceptors (Lipinski definition) is 3. The van der Waals surface area contributed by atoms with E-state index in [0.717, 1.165) is 18.1 Å². The van der Waals surface area contributed by atoms with Crippen LogP contribution in [0.2, 0.25) is 0 Å². The number of phenolic OH excluding ortho intramolecular Hbond substituents is 1. The van der Waals surface area contributed by atoms with Gasteiger partial charge in [-0.25, -0.2) is 4.99 Å². The maximum Gasteiger partial charge on any atom is 0.191 e. The number of aliphatic imine (C=N–C) groups is 1. The van der Waals surface area contributed by atoms with Crippen molar-refractivity contribution in [3.05, 3.63) is 23.8 Å². The van der Waals surface area contributed by atoms with E-state index in [1.165, 1.54) is 0 Å². The maximum absolute atomic E-state index is 9.88. The molecule has 0 heterocycles. The Hall–Kier alpha value is -1.18. The Bertz CT molecular complexity index is 478. The number of nitrogens with zero attached hydrogens (tertiary/aromatic N) is 1. The van der Waals surface area contributed by atoms with E-state index in [-0.39, 0.29) is 29.7 Å². The predicted molar refractivity (Wildman–Crippen MR) is 102 cm³/mol. The van der Waals surface area contributed by atoms with Crippen molar-refractivity contribution in [3.63, 3.8) is 0 Å². The molecule has 1 rings (SSSR count). The Morgan fingerprint density at radius 3 is 2.55 bits per heavy atom. The average molecular weight is 421 g/mol. The third-order valence-corrected chi connectivity index (χ3v) is 3.40. The lowest BCUT2D eigenvalue weighted by molar-refractivity contribution is 0.411. The minimum Gasteiger partial charge on any atom is -0.508 e. The van der Waals surface area contributed by atoms with Gasteiger partial charge in [-0.3, -0.25) is 0 Å². The minimum absolute atomic E-state index is 0. The number of halogens is 1. The molecular formula is C16H28IN3O2. The summed E-state index contributed by atoms with van der Waals surface area (Å²) in [5.41, 5.74) is 0.740. The molecule has 1 atom stereocenters. The number of methoxy groups -OCH3 is 1. The molecule has 3 N–H and O–H groups in total. The van der Waals surface area contributed by atoms with Crippen LogP contribution in [0.5, 0.6) is 11.5 Å². The highest BCUT2D eigenvalue weighted by atomic mass is 127. The maximum atomic E-state index is 9.88. The van der Waals surface area contributed by atoms with Gasteiger partial charge in [0.15, 0.2) is 5.96 Å². The molecule has 1 aromatic carbocycles. The largest absolute Gasteiger partial charge is 0.508 e. The molecule has 0 spiro atoms. The number of nitrogens with one attached hydrogen (secondary N) is 2. The molecule has 0 aromatic heterocycles. The smallest absolute Gasteiger partial charge is 0.191 e. The highest BCUT2D eigenvalue weighted by Gasteiger charge is 2.09. The van der Waals surface area contributed by atoms with E-state index in [2.05, 4.69) is 36.4 Å². The van der Waals surface area contributed by atoms with Crippen LogP contribution in [-0.2, 0) is 6.54 Å². The lowest BCUT2D eigenvalue weighted by atomic mass is 10.1. The molecule has 0 bridgehead atoms. The molecule has 22 heavy (non-hydrogen) atoms. The second kappa shape index (κ2) is 10.5.